The number of piperazine rings is 1. The van der Waals surface area contributed by atoms with Gasteiger partial charge in [0.1, 0.15) is 11.5 Å². The Balaban J connectivity index is 1.63. The maximum atomic E-state index is 13.4. The van der Waals surface area contributed by atoms with Crippen LogP contribution in [0.1, 0.15) is 56.6 Å². The summed E-state index contributed by atoms with van der Waals surface area (Å²) < 4.78 is 15.1. The number of rotatable bonds is 5. The summed E-state index contributed by atoms with van der Waals surface area (Å²) in [6.45, 7) is 14.1. The second-order valence-corrected chi connectivity index (χ2v) is 9.53. The van der Waals surface area contributed by atoms with Crippen LogP contribution < -0.4 is 0 Å². The van der Waals surface area contributed by atoms with Crippen molar-refractivity contribution in [3.63, 3.8) is 0 Å². The molecule has 1 atom stereocenters. The highest BCUT2D eigenvalue weighted by Crippen LogP contribution is 2.26. The number of fused-ring (bicyclic) bond motifs is 1. The van der Waals surface area contributed by atoms with Crippen LogP contribution in [0.15, 0.2) is 36.5 Å². The highest BCUT2D eigenvalue weighted by Gasteiger charge is 2.29. The number of carbonyl (C=O) groups excluding carboxylic acids is 1. The molecule has 1 saturated heterocycles. The molecular formula is C25H32FN5O. The monoisotopic (exact) mass is 437 g/mol. The molecule has 0 saturated carbocycles. The molecule has 0 unspecified atom stereocenters. The van der Waals surface area contributed by atoms with Crippen molar-refractivity contribution in [2.24, 2.45) is 5.92 Å². The first-order valence-corrected chi connectivity index (χ1v) is 11.4. The van der Waals surface area contributed by atoms with Crippen molar-refractivity contribution < 1.29 is 9.18 Å². The van der Waals surface area contributed by atoms with Crippen molar-refractivity contribution >= 4 is 11.6 Å². The SMILES string of the molecule is CC(C)CN1CCN(C(=O)c2cn3nc(-c4ccc(F)cc4)cc(C(C)C)c3n2)C[C@@H]1C. The van der Waals surface area contributed by atoms with Gasteiger partial charge >= 0.3 is 0 Å². The Morgan fingerprint density at radius 2 is 1.88 bits per heavy atom. The molecule has 0 aliphatic carbocycles. The van der Waals surface area contributed by atoms with E-state index in [4.69, 9.17) is 0 Å². The van der Waals surface area contributed by atoms with E-state index < -0.39 is 0 Å². The Bertz CT molecular complexity index is 1110. The topological polar surface area (TPSA) is 53.7 Å². The van der Waals surface area contributed by atoms with E-state index in [1.165, 1.54) is 12.1 Å². The van der Waals surface area contributed by atoms with Crippen LogP contribution in [-0.2, 0) is 0 Å². The molecule has 170 valence electrons. The van der Waals surface area contributed by atoms with Crippen molar-refractivity contribution in [1.29, 1.82) is 0 Å². The predicted octanol–water partition coefficient (Wildman–Crippen LogP) is 4.46. The van der Waals surface area contributed by atoms with Gasteiger partial charge in [-0.05, 0) is 49.1 Å². The number of hydrogen-bond donors (Lipinski definition) is 0. The van der Waals surface area contributed by atoms with Crippen LogP contribution in [-0.4, -0.2) is 62.5 Å². The maximum absolute atomic E-state index is 13.4. The molecule has 1 amide bonds. The van der Waals surface area contributed by atoms with Crippen molar-refractivity contribution in [3.05, 3.63) is 53.6 Å². The van der Waals surface area contributed by atoms with Crippen molar-refractivity contribution in [1.82, 2.24) is 24.4 Å². The zero-order chi connectivity index (χ0) is 23.0. The van der Waals surface area contributed by atoms with E-state index in [-0.39, 0.29) is 17.6 Å². The van der Waals surface area contributed by atoms with Gasteiger partial charge < -0.3 is 4.90 Å². The molecule has 0 bridgehead atoms. The molecule has 1 aliphatic rings. The minimum Gasteiger partial charge on any atom is -0.334 e. The van der Waals surface area contributed by atoms with E-state index in [1.54, 1.807) is 22.8 Å². The maximum Gasteiger partial charge on any atom is 0.274 e. The fourth-order valence-corrected chi connectivity index (χ4v) is 4.37. The Kier molecular flexibility index (Phi) is 6.29. The first kappa shape index (κ1) is 22.4. The minimum absolute atomic E-state index is 0.0513. The fraction of sp³-hybridized carbons (Fsp3) is 0.480. The summed E-state index contributed by atoms with van der Waals surface area (Å²) in [7, 11) is 0. The molecular weight excluding hydrogens is 405 g/mol. The third kappa shape index (κ3) is 4.53. The van der Waals surface area contributed by atoms with Crippen LogP contribution in [0.5, 0.6) is 0 Å². The summed E-state index contributed by atoms with van der Waals surface area (Å²) in [5.41, 5.74) is 3.68. The van der Waals surface area contributed by atoms with E-state index in [9.17, 15) is 9.18 Å². The summed E-state index contributed by atoms with van der Waals surface area (Å²) in [6, 6.07) is 8.60. The molecule has 4 rings (SSSR count). The summed E-state index contributed by atoms with van der Waals surface area (Å²) >= 11 is 0. The zero-order valence-corrected chi connectivity index (χ0v) is 19.5. The number of benzene rings is 1. The lowest BCUT2D eigenvalue weighted by Crippen LogP contribution is -2.54. The molecule has 1 aromatic carbocycles. The summed E-state index contributed by atoms with van der Waals surface area (Å²) in [5.74, 6) is 0.473. The number of aromatic nitrogens is 3. The molecule has 1 aliphatic heterocycles. The van der Waals surface area contributed by atoms with Gasteiger partial charge in [-0.2, -0.15) is 5.10 Å². The van der Waals surface area contributed by atoms with Gasteiger partial charge in [0.2, 0.25) is 0 Å². The quantitative estimate of drug-likeness (QED) is 0.591. The predicted molar refractivity (Wildman–Crippen MR) is 124 cm³/mol. The van der Waals surface area contributed by atoms with Gasteiger partial charge in [0.05, 0.1) is 11.9 Å². The largest absolute Gasteiger partial charge is 0.334 e. The van der Waals surface area contributed by atoms with Crippen LogP contribution in [0.25, 0.3) is 16.9 Å². The standard InChI is InChI=1S/C25H32FN5O/c1-16(2)13-29-10-11-30(14-18(29)5)25(32)23-15-31-24(27-23)21(17(3)4)12-22(28-31)19-6-8-20(26)9-7-19/h6-9,12,15-18H,10-11,13-14H2,1-5H3/t18-/m0/s1. The number of hydrogen-bond acceptors (Lipinski definition) is 4. The number of halogens is 1. The molecule has 6 nitrogen and oxygen atoms in total. The first-order chi connectivity index (χ1) is 15.2. The summed E-state index contributed by atoms with van der Waals surface area (Å²) in [5, 5.41) is 4.68. The molecule has 3 aromatic rings. The van der Waals surface area contributed by atoms with Gasteiger partial charge in [-0.25, -0.2) is 13.9 Å². The van der Waals surface area contributed by atoms with Crippen LogP contribution in [0, 0.1) is 11.7 Å². The minimum atomic E-state index is -0.280. The van der Waals surface area contributed by atoms with Crippen molar-refractivity contribution in [3.8, 4) is 11.3 Å². The number of nitrogens with zero attached hydrogens (tertiary/aromatic N) is 5. The Morgan fingerprint density at radius 1 is 1.16 bits per heavy atom. The third-order valence-corrected chi connectivity index (χ3v) is 6.09. The van der Waals surface area contributed by atoms with Crippen molar-refractivity contribution in [2.75, 3.05) is 26.2 Å². The highest BCUT2D eigenvalue weighted by molar-refractivity contribution is 5.93. The van der Waals surface area contributed by atoms with Crippen LogP contribution in [0.4, 0.5) is 4.39 Å². The summed E-state index contributed by atoms with van der Waals surface area (Å²) in [4.78, 5) is 22.3. The molecule has 2 aromatic heterocycles. The molecule has 1 fully saturated rings. The Hall–Kier alpha value is -2.80. The van der Waals surface area contributed by atoms with Gasteiger partial charge in [-0.3, -0.25) is 9.69 Å². The zero-order valence-electron chi connectivity index (χ0n) is 19.5. The lowest BCUT2D eigenvalue weighted by molar-refractivity contribution is 0.0482. The van der Waals surface area contributed by atoms with E-state index in [0.717, 1.165) is 29.9 Å². The third-order valence-electron chi connectivity index (χ3n) is 6.09. The fourth-order valence-electron chi connectivity index (χ4n) is 4.37. The van der Waals surface area contributed by atoms with E-state index in [1.807, 2.05) is 11.0 Å². The van der Waals surface area contributed by atoms with Crippen LogP contribution in [0.3, 0.4) is 0 Å². The normalized spacial score (nSPS) is 17.6. The second-order valence-electron chi connectivity index (χ2n) is 9.53. The molecule has 0 N–H and O–H groups in total. The van der Waals surface area contributed by atoms with Crippen LogP contribution >= 0.6 is 0 Å². The lowest BCUT2D eigenvalue weighted by Gasteiger charge is -2.40. The average molecular weight is 438 g/mol. The Labute approximate surface area is 189 Å². The highest BCUT2D eigenvalue weighted by atomic mass is 19.1. The van der Waals surface area contributed by atoms with E-state index in [2.05, 4.69) is 49.6 Å². The molecule has 32 heavy (non-hydrogen) atoms. The van der Waals surface area contributed by atoms with Crippen LogP contribution in [0.2, 0.25) is 0 Å². The number of imidazole rings is 1. The smallest absolute Gasteiger partial charge is 0.274 e. The molecule has 7 heteroatoms. The van der Waals surface area contributed by atoms with E-state index in [0.29, 0.717) is 36.4 Å². The molecule has 0 spiro atoms. The number of amides is 1. The number of carbonyl (C=O) groups is 1. The summed E-state index contributed by atoms with van der Waals surface area (Å²) in [6.07, 6.45) is 1.72. The van der Waals surface area contributed by atoms with Gasteiger partial charge in [-0.15, -0.1) is 0 Å². The van der Waals surface area contributed by atoms with Gasteiger partial charge in [0, 0.05) is 43.3 Å². The van der Waals surface area contributed by atoms with Gasteiger partial charge in [0.25, 0.3) is 5.91 Å². The van der Waals surface area contributed by atoms with Gasteiger partial charge in [0.15, 0.2) is 5.65 Å². The second kappa shape index (κ2) is 8.98. The lowest BCUT2D eigenvalue weighted by atomic mass is 10.0. The average Bonchev–Trinajstić information content (AvgIpc) is 3.18. The molecule has 3 heterocycles. The van der Waals surface area contributed by atoms with Crippen molar-refractivity contribution in [2.45, 2.75) is 46.6 Å². The Morgan fingerprint density at radius 3 is 2.50 bits per heavy atom. The van der Waals surface area contributed by atoms with E-state index >= 15 is 0 Å². The molecule has 0 radical (unpaired) electrons. The first-order valence-electron chi connectivity index (χ1n) is 11.4. The van der Waals surface area contributed by atoms with Gasteiger partial charge in [-0.1, -0.05) is 27.7 Å².